The fraction of sp³-hybridized carbons (Fsp3) is 0.889. The largest absolute Gasteiger partial charge is 0.374 e. The number of rotatable bonds is 0. The van der Waals surface area contributed by atoms with Gasteiger partial charge >= 0.3 is 0 Å². The van der Waals surface area contributed by atoms with Gasteiger partial charge in [-0.3, -0.25) is 4.79 Å². The maximum Gasteiger partial charge on any atom is 0.138 e. The molecule has 2 aliphatic heterocycles. The monoisotopic (exact) mass is 169 g/mol. The van der Waals surface area contributed by atoms with Gasteiger partial charge in [0.15, 0.2) is 0 Å². The lowest BCUT2D eigenvalue weighted by Crippen LogP contribution is -2.48. The molecule has 12 heavy (non-hydrogen) atoms. The van der Waals surface area contributed by atoms with Crippen LogP contribution in [0.25, 0.3) is 0 Å². The molecule has 0 aromatic heterocycles. The normalized spacial score (nSPS) is 29.2. The summed E-state index contributed by atoms with van der Waals surface area (Å²) in [6.45, 7) is 2.62. The van der Waals surface area contributed by atoms with Crippen LogP contribution in [0.3, 0.4) is 0 Å². The van der Waals surface area contributed by atoms with Crippen molar-refractivity contribution in [2.75, 3.05) is 19.7 Å². The summed E-state index contributed by atoms with van der Waals surface area (Å²) in [5.74, 6) is 0.378. The Labute approximate surface area is 72.5 Å². The number of ketones is 1. The van der Waals surface area contributed by atoms with Gasteiger partial charge in [-0.15, -0.1) is 0 Å². The van der Waals surface area contributed by atoms with Crippen LogP contribution in [0.2, 0.25) is 0 Å². The summed E-state index contributed by atoms with van der Waals surface area (Å²) in [7, 11) is 0. The van der Waals surface area contributed by atoms with Crippen LogP contribution in [0.15, 0.2) is 0 Å². The predicted molar refractivity (Wildman–Crippen MR) is 45.0 cm³/mol. The molecule has 1 spiro atoms. The Morgan fingerprint density at radius 2 is 2.08 bits per heavy atom. The van der Waals surface area contributed by atoms with Gasteiger partial charge in [0.05, 0.1) is 12.2 Å². The Morgan fingerprint density at radius 3 is 2.75 bits per heavy atom. The number of Topliss-reactive ketones (excluding diaryl/α,β-unsaturated/α-hetero) is 1. The molecular weight excluding hydrogens is 154 g/mol. The lowest BCUT2D eigenvalue weighted by atomic mass is 9.85. The molecule has 0 atom stereocenters. The average Bonchev–Trinajstić information content (AvgIpc) is 2.05. The highest BCUT2D eigenvalue weighted by Gasteiger charge is 2.37. The smallest absolute Gasteiger partial charge is 0.138 e. The number of piperidine rings is 1. The minimum atomic E-state index is -0.0828. The molecule has 0 aromatic rings. The molecule has 0 aliphatic carbocycles. The molecule has 2 fully saturated rings. The molecule has 2 saturated heterocycles. The van der Waals surface area contributed by atoms with Crippen LogP contribution in [0, 0.1) is 0 Å². The van der Waals surface area contributed by atoms with Gasteiger partial charge in [-0.1, -0.05) is 0 Å². The van der Waals surface area contributed by atoms with Crippen molar-refractivity contribution in [1.29, 1.82) is 0 Å². The lowest BCUT2D eigenvalue weighted by Gasteiger charge is -2.39. The van der Waals surface area contributed by atoms with Crippen LogP contribution < -0.4 is 5.32 Å². The third-order valence-corrected chi connectivity index (χ3v) is 2.82. The second-order valence-electron chi connectivity index (χ2n) is 3.75. The van der Waals surface area contributed by atoms with E-state index in [-0.39, 0.29) is 5.60 Å². The maximum absolute atomic E-state index is 11.2. The van der Waals surface area contributed by atoms with Crippen LogP contribution in [-0.2, 0) is 9.53 Å². The van der Waals surface area contributed by atoms with Crippen molar-refractivity contribution in [3.05, 3.63) is 0 Å². The van der Waals surface area contributed by atoms with E-state index in [4.69, 9.17) is 4.74 Å². The lowest BCUT2D eigenvalue weighted by molar-refractivity contribution is -0.143. The third-order valence-electron chi connectivity index (χ3n) is 2.82. The quantitative estimate of drug-likeness (QED) is 0.573. The maximum atomic E-state index is 11.2. The van der Waals surface area contributed by atoms with Gasteiger partial charge in [0.1, 0.15) is 5.78 Å². The zero-order valence-corrected chi connectivity index (χ0v) is 7.27. The number of carbonyl (C=O) groups excluding carboxylic acids is 1. The van der Waals surface area contributed by atoms with Gasteiger partial charge < -0.3 is 10.1 Å². The minimum absolute atomic E-state index is 0.0828. The first-order chi connectivity index (χ1) is 5.81. The van der Waals surface area contributed by atoms with E-state index >= 15 is 0 Å². The number of carbonyl (C=O) groups is 1. The fourth-order valence-electron chi connectivity index (χ4n) is 2.08. The Morgan fingerprint density at radius 1 is 1.33 bits per heavy atom. The predicted octanol–water partition coefficient (Wildman–Crippen LogP) is 0.488. The van der Waals surface area contributed by atoms with Crippen LogP contribution in [-0.4, -0.2) is 31.1 Å². The third kappa shape index (κ3) is 1.52. The highest BCUT2D eigenvalue weighted by atomic mass is 16.5. The molecule has 1 N–H and O–H groups in total. The molecule has 2 heterocycles. The van der Waals surface area contributed by atoms with Crippen LogP contribution in [0.4, 0.5) is 0 Å². The van der Waals surface area contributed by atoms with Crippen molar-refractivity contribution < 1.29 is 9.53 Å². The number of hydrogen-bond donors (Lipinski definition) is 1. The molecular formula is C9H15NO2. The zero-order valence-electron chi connectivity index (χ0n) is 7.27. The van der Waals surface area contributed by atoms with E-state index in [1.165, 1.54) is 0 Å². The highest BCUT2D eigenvalue weighted by molar-refractivity contribution is 5.80. The standard InChI is InChI=1S/C9H15NO2/c11-8-1-6-12-9(7-8)2-4-10-5-3-9/h10H,1-7H2. The molecule has 0 unspecified atom stereocenters. The number of hydrogen-bond acceptors (Lipinski definition) is 3. The van der Waals surface area contributed by atoms with Gasteiger partial charge in [-0.2, -0.15) is 0 Å². The van der Waals surface area contributed by atoms with Crippen molar-refractivity contribution in [1.82, 2.24) is 5.32 Å². The van der Waals surface area contributed by atoms with E-state index < -0.39 is 0 Å². The van der Waals surface area contributed by atoms with Gasteiger partial charge in [0, 0.05) is 12.8 Å². The van der Waals surface area contributed by atoms with E-state index in [0.29, 0.717) is 25.2 Å². The van der Waals surface area contributed by atoms with Gasteiger partial charge in [-0.05, 0) is 25.9 Å². The molecule has 68 valence electrons. The van der Waals surface area contributed by atoms with Crippen molar-refractivity contribution >= 4 is 5.78 Å². The Kier molecular flexibility index (Phi) is 2.15. The van der Waals surface area contributed by atoms with E-state index in [1.807, 2.05) is 0 Å². The van der Waals surface area contributed by atoms with Crippen molar-refractivity contribution in [3.63, 3.8) is 0 Å². The summed E-state index contributed by atoms with van der Waals surface area (Å²) in [5, 5.41) is 3.28. The van der Waals surface area contributed by atoms with E-state index in [1.54, 1.807) is 0 Å². The van der Waals surface area contributed by atoms with Gasteiger partial charge in [0.2, 0.25) is 0 Å². The van der Waals surface area contributed by atoms with E-state index in [2.05, 4.69) is 5.32 Å². The molecule has 0 radical (unpaired) electrons. The molecule has 0 bridgehead atoms. The van der Waals surface area contributed by atoms with Crippen LogP contribution >= 0.6 is 0 Å². The first-order valence-corrected chi connectivity index (χ1v) is 4.67. The summed E-state index contributed by atoms with van der Waals surface area (Å²) < 4.78 is 5.72. The minimum Gasteiger partial charge on any atom is -0.374 e. The average molecular weight is 169 g/mol. The van der Waals surface area contributed by atoms with Crippen LogP contribution in [0.5, 0.6) is 0 Å². The second-order valence-corrected chi connectivity index (χ2v) is 3.75. The summed E-state index contributed by atoms with van der Waals surface area (Å²) in [4.78, 5) is 11.2. The van der Waals surface area contributed by atoms with E-state index in [9.17, 15) is 4.79 Å². The molecule has 0 aromatic carbocycles. The highest BCUT2D eigenvalue weighted by Crippen LogP contribution is 2.30. The van der Waals surface area contributed by atoms with Crippen LogP contribution in [0.1, 0.15) is 25.7 Å². The SMILES string of the molecule is O=C1CCOC2(CCNCC2)C1. The summed E-state index contributed by atoms with van der Waals surface area (Å²) >= 11 is 0. The van der Waals surface area contributed by atoms with E-state index in [0.717, 1.165) is 25.9 Å². The molecule has 0 saturated carbocycles. The van der Waals surface area contributed by atoms with Gasteiger partial charge in [-0.25, -0.2) is 0 Å². The van der Waals surface area contributed by atoms with Gasteiger partial charge in [0.25, 0.3) is 0 Å². The first-order valence-electron chi connectivity index (χ1n) is 4.67. The molecule has 2 aliphatic rings. The summed E-state index contributed by atoms with van der Waals surface area (Å²) in [5.41, 5.74) is -0.0828. The Balaban J connectivity index is 2.02. The summed E-state index contributed by atoms with van der Waals surface area (Å²) in [6, 6.07) is 0. The molecule has 3 nitrogen and oxygen atoms in total. The molecule has 0 amide bonds. The molecule has 3 heteroatoms. The summed E-state index contributed by atoms with van der Waals surface area (Å²) in [6.07, 6.45) is 3.27. The fourth-order valence-corrected chi connectivity index (χ4v) is 2.08. The molecule has 2 rings (SSSR count). The topological polar surface area (TPSA) is 38.3 Å². The van der Waals surface area contributed by atoms with Crippen molar-refractivity contribution in [2.45, 2.75) is 31.3 Å². The number of ether oxygens (including phenoxy) is 1. The Bertz CT molecular complexity index is 179. The second kappa shape index (κ2) is 3.15. The number of nitrogens with one attached hydrogen (secondary N) is 1. The Hall–Kier alpha value is -0.410. The van der Waals surface area contributed by atoms with Crippen molar-refractivity contribution in [3.8, 4) is 0 Å². The first kappa shape index (κ1) is 8.20. The van der Waals surface area contributed by atoms with Crippen molar-refractivity contribution in [2.24, 2.45) is 0 Å². The zero-order chi connectivity index (χ0) is 8.44.